The molecule has 0 atom stereocenters. The summed E-state index contributed by atoms with van der Waals surface area (Å²) in [7, 11) is 0. The quantitative estimate of drug-likeness (QED) is 0.644. The van der Waals surface area contributed by atoms with Gasteiger partial charge in [0, 0.05) is 12.1 Å². The highest BCUT2D eigenvalue weighted by Crippen LogP contribution is 2.32. The number of aromatic nitrogens is 1. The van der Waals surface area contributed by atoms with Crippen LogP contribution in [0.4, 0.5) is 14.5 Å². The lowest BCUT2D eigenvalue weighted by Crippen LogP contribution is -2.07. The molecular weight excluding hydrogens is 232 g/mol. The molecule has 5 nitrogen and oxygen atoms in total. The predicted molar refractivity (Wildman–Crippen MR) is 48.7 cm³/mol. The molecule has 0 spiro atoms. The molecule has 0 unspecified atom stereocenters. The van der Waals surface area contributed by atoms with Crippen LogP contribution in [0.2, 0.25) is 5.02 Å². The van der Waals surface area contributed by atoms with Gasteiger partial charge in [-0.05, 0) is 0 Å². The van der Waals surface area contributed by atoms with Gasteiger partial charge in [-0.1, -0.05) is 11.6 Å². The van der Waals surface area contributed by atoms with E-state index < -0.39 is 22.7 Å². The third-order valence-electron chi connectivity index (χ3n) is 1.73. The van der Waals surface area contributed by atoms with E-state index in [9.17, 15) is 18.9 Å². The van der Waals surface area contributed by atoms with Crippen LogP contribution >= 0.6 is 11.6 Å². The second-order valence-electron chi connectivity index (χ2n) is 2.58. The number of hydrogen-bond acceptors (Lipinski definition) is 4. The molecule has 1 aromatic heterocycles. The average molecular weight is 238 g/mol. The largest absolute Gasteiger partial charge is 0.326 e. The lowest BCUT2D eigenvalue weighted by Gasteiger charge is -2.07. The highest BCUT2D eigenvalue weighted by atomic mass is 35.5. The molecule has 1 aromatic rings. The van der Waals surface area contributed by atoms with E-state index in [4.69, 9.17) is 17.3 Å². The molecule has 0 amide bonds. The Morgan fingerprint density at radius 3 is 2.67 bits per heavy atom. The zero-order valence-electron chi connectivity index (χ0n) is 7.28. The zero-order chi connectivity index (χ0) is 11.6. The van der Waals surface area contributed by atoms with Gasteiger partial charge < -0.3 is 5.73 Å². The van der Waals surface area contributed by atoms with Crippen molar-refractivity contribution >= 4 is 17.3 Å². The summed E-state index contributed by atoms with van der Waals surface area (Å²) in [4.78, 5) is 12.9. The van der Waals surface area contributed by atoms with Crippen molar-refractivity contribution in [3.63, 3.8) is 0 Å². The minimum atomic E-state index is -2.86. The van der Waals surface area contributed by atoms with Gasteiger partial charge in [0.2, 0.25) is 0 Å². The number of nitrogens with zero attached hydrogens (tertiary/aromatic N) is 2. The molecule has 0 aliphatic heterocycles. The molecule has 2 N–H and O–H groups in total. The van der Waals surface area contributed by atoms with Crippen LogP contribution in [0.25, 0.3) is 0 Å². The van der Waals surface area contributed by atoms with Gasteiger partial charge in [-0.25, -0.2) is 13.8 Å². The molecule has 0 aliphatic rings. The molecule has 1 heterocycles. The number of nitrogens with two attached hydrogens (primary N) is 1. The third kappa shape index (κ3) is 2.18. The summed E-state index contributed by atoms with van der Waals surface area (Å²) in [5.41, 5.74) is 3.84. The summed E-state index contributed by atoms with van der Waals surface area (Å²) in [5, 5.41) is 10.0. The maximum Gasteiger partial charge on any atom is 0.306 e. The van der Waals surface area contributed by atoms with Crippen LogP contribution in [-0.4, -0.2) is 9.91 Å². The maximum atomic E-state index is 12.4. The Morgan fingerprint density at radius 2 is 2.27 bits per heavy atom. The highest BCUT2D eigenvalue weighted by molar-refractivity contribution is 6.33. The number of alkyl halides is 2. The summed E-state index contributed by atoms with van der Waals surface area (Å²) < 4.78 is 24.8. The molecule has 8 heteroatoms. The summed E-state index contributed by atoms with van der Waals surface area (Å²) in [6.07, 6.45) is -2.16. The van der Waals surface area contributed by atoms with Gasteiger partial charge in [0.25, 0.3) is 6.43 Å². The van der Waals surface area contributed by atoms with Crippen molar-refractivity contribution in [2.24, 2.45) is 5.73 Å². The van der Waals surface area contributed by atoms with Crippen molar-refractivity contribution < 1.29 is 13.7 Å². The van der Waals surface area contributed by atoms with Crippen LogP contribution in [0.1, 0.15) is 17.7 Å². The van der Waals surface area contributed by atoms with Crippen molar-refractivity contribution in [1.82, 2.24) is 4.98 Å². The van der Waals surface area contributed by atoms with Crippen molar-refractivity contribution in [3.05, 3.63) is 32.6 Å². The molecule has 0 aliphatic carbocycles. The molecule has 0 fully saturated rings. The summed E-state index contributed by atoms with van der Waals surface area (Å²) in [6.45, 7) is -0.326. The van der Waals surface area contributed by atoms with Crippen LogP contribution < -0.4 is 5.73 Å². The average Bonchev–Trinajstić information content (AvgIpc) is 2.16. The number of halogens is 3. The first-order chi connectivity index (χ1) is 6.99. The van der Waals surface area contributed by atoms with Crippen molar-refractivity contribution in [3.8, 4) is 0 Å². The van der Waals surface area contributed by atoms with E-state index >= 15 is 0 Å². The fourth-order valence-corrected chi connectivity index (χ4v) is 1.33. The third-order valence-corrected chi connectivity index (χ3v) is 2.15. The first-order valence-corrected chi connectivity index (χ1v) is 4.16. The van der Waals surface area contributed by atoms with Crippen molar-refractivity contribution in [2.45, 2.75) is 13.0 Å². The van der Waals surface area contributed by atoms with Gasteiger partial charge in [0.1, 0.15) is 16.9 Å². The van der Waals surface area contributed by atoms with E-state index in [2.05, 4.69) is 4.98 Å². The van der Waals surface area contributed by atoms with Crippen LogP contribution in [0.5, 0.6) is 0 Å². The Kier molecular flexibility index (Phi) is 3.48. The summed E-state index contributed by atoms with van der Waals surface area (Å²) >= 11 is 5.56. The Morgan fingerprint density at radius 1 is 1.67 bits per heavy atom. The molecule has 1 rings (SSSR count). The SMILES string of the molecule is NCc1c(C(F)F)ncc([N+](=O)[O-])c1Cl. The number of rotatable bonds is 3. The monoisotopic (exact) mass is 237 g/mol. The topological polar surface area (TPSA) is 82.0 Å². The molecule has 0 aromatic carbocycles. The van der Waals surface area contributed by atoms with Gasteiger partial charge in [-0.3, -0.25) is 10.1 Å². The fraction of sp³-hybridized carbons (Fsp3) is 0.286. The van der Waals surface area contributed by atoms with Crippen molar-refractivity contribution in [1.29, 1.82) is 0 Å². The number of nitro groups is 1. The molecular formula is C7H6ClF2N3O2. The summed E-state index contributed by atoms with van der Waals surface area (Å²) in [6, 6.07) is 0. The second kappa shape index (κ2) is 4.45. The van der Waals surface area contributed by atoms with Gasteiger partial charge in [0.15, 0.2) is 0 Å². The van der Waals surface area contributed by atoms with Gasteiger partial charge >= 0.3 is 5.69 Å². The second-order valence-corrected chi connectivity index (χ2v) is 2.96. The van der Waals surface area contributed by atoms with E-state index in [1.54, 1.807) is 0 Å². The predicted octanol–water partition coefficient (Wildman–Crippen LogP) is 2.04. The molecule has 82 valence electrons. The first kappa shape index (κ1) is 11.7. The van der Waals surface area contributed by atoms with E-state index in [0.29, 0.717) is 6.20 Å². The lowest BCUT2D eigenvalue weighted by atomic mass is 10.2. The Balaban J connectivity index is 3.39. The number of pyridine rings is 1. The Hall–Kier alpha value is -1.34. The number of hydrogen-bond donors (Lipinski definition) is 1. The van der Waals surface area contributed by atoms with Crippen LogP contribution in [-0.2, 0) is 6.54 Å². The first-order valence-electron chi connectivity index (χ1n) is 3.79. The van der Waals surface area contributed by atoms with Crippen LogP contribution in [0.3, 0.4) is 0 Å². The van der Waals surface area contributed by atoms with Crippen LogP contribution in [0.15, 0.2) is 6.20 Å². The maximum absolute atomic E-state index is 12.4. The highest BCUT2D eigenvalue weighted by Gasteiger charge is 2.23. The smallest absolute Gasteiger partial charge is 0.306 e. The van der Waals surface area contributed by atoms with Gasteiger partial charge in [-0.2, -0.15) is 0 Å². The minimum Gasteiger partial charge on any atom is -0.326 e. The zero-order valence-corrected chi connectivity index (χ0v) is 8.04. The summed E-state index contributed by atoms with van der Waals surface area (Å²) in [5.74, 6) is 0. The van der Waals surface area contributed by atoms with E-state index in [-0.39, 0.29) is 17.1 Å². The van der Waals surface area contributed by atoms with E-state index in [1.165, 1.54) is 0 Å². The molecule has 0 bridgehead atoms. The van der Waals surface area contributed by atoms with Gasteiger partial charge in [-0.15, -0.1) is 0 Å². The van der Waals surface area contributed by atoms with Crippen molar-refractivity contribution in [2.75, 3.05) is 0 Å². The minimum absolute atomic E-state index is 0.194. The Labute approximate surface area is 88.0 Å². The van der Waals surface area contributed by atoms with E-state index in [0.717, 1.165) is 0 Å². The standard InChI is InChI=1S/C7H6ClF2N3O2/c8-5-3(1-11)6(7(9)10)12-2-4(5)13(14)15/h2,7H,1,11H2. The molecule has 15 heavy (non-hydrogen) atoms. The molecule has 0 saturated carbocycles. The Bertz CT molecular complexity index is 400. The van der Waals surface area contributed by atoms with Crippen LogP contribution in [0, 0.1) is 10.1 Å². The lowest BCUT2D eigenvalue weighted by molar-refractivity contribution is -0.385. The fourth-order valence-electron chi connectivity index (χ4n) is 1.04. The van der Waals surface area contributed by atoms with Gasteiger partial charge in [0.05, 0.1) is 4.92 Å². The molecule has 0 radical (unpaired) electrons. The van der Waals surface area contributed by atoms with E-state index in [1.807, 2.05) is 0 Å². The normalized spacial score (nSPS) is 10.7. The molecule has 0 saturated heterocycles.